The normalized spacial score (nSPS) is 25.2. The molecule has 1 aliphatic rings. The lowest BCUT2D eigenvalue weighted by Crippen LogP contribution is -2.31. The van der Waals surface area contributed by atoms with Gasteiger partial charge in [-0.05, 0) is 12.1 Å². The molecule has 0 aromatic carbocycles. The topological polar surface area (TPSA) is 106 Å². The van der Waals surface area contributed by atoms with Crippen molar-refractivity contribution in [1.82, 2.24) is 9.29 Å². The van der Waals surface area contributed by atoms with E-state index in [1.54, 1.807) is 12.1 Å². The summed E-state index contributed by atoms with van der Waals surface area (Å²) in [6.45, 7) is 0.117. The summed E-state index contributed by atoms with van der Waals surface area (Å²) in [5.41, 5.74) is 6.01. The Morgan fingerprint density at radius 3 is 2.83 bits per heavy atom. The Balaban J connectivity index is 2.10. The number of nitrogen functional groups attached to an aromatic ring is 1. The number of aromatic nitrogens is 1. The standard InChI is InChI=1S/C10H15N3O4S/c1-18(15,16)13-5-8(14)9(6-13)17-10-7(11)3-2-4-12-10/h2-4,8-9,14H,5-6,11H2,1H3/t8-,9-/m1/s1. The van der Waals surface area contributed by atoms with Gasteiger partial charge < -0.3 is 15.6 Å². The first kappa shape index (κ1) is 13.1. The number of sulfonamides is 1. The lowest BCUT2D eigenvalue weighted by atomic mass is 10.2. The zero-order valence-corrected chi connectivity index (χ0v) is 10.7. The Kier molecular flexibility index (Phi) is 3.42. The average molecular weight is 273 g/mol. The highest BCUT2D eigenvalue weighted by atomic mass is 32.2. The van der Waals surface area contributed by atoms with Crippen LogP contribution in [0.1, 0.15) is 0 Å². The minimum atomic E-state index is -3.33. The summed E-state index contributed by atoms with van der Waals surface area (Å²) in [4.78, 5) is 3.94. The lowest BCUT2D eigenvalue weighted by molar-refractivity contribution is 0.0712. The van der Waals surface area contributed by atoms with E-state index < -0.39 is 22.2 Å². The van der Waals surface area contributed by atoms with Crippen molar-refractivity contribution in [2.75, 3.05) is 25.1 Å². The summed E-state index contributed by atoms with van der Waals surface area (Å²) in [7, 11) is -3.33. The number of hydrogen-bond donors (Lipinski definition) is 2. The van der Waals surface area contributed by atoms with Crippen LogP contribution in [0.3, 0.4) is 0 Å². The van der Waals surface area contributed by atoms with E-state index >= 15 is 0 Å². The monoisotopic (exact) mass is 273 g/mol. The summed E-state index contributed by atoms with van der Waals surface area (Å²) in [6, 6.07) is 3.29. The highest BCUT2D eigenvalue weighted by Crippen LogP contribution is 2.22. The molecule has 1 aromatic rings. The van der Waals surface area contributed by atoms with Crippen molar-refractivity contribution < 1.29 is 18.3 Å². The van der Waals surface area contributed by atoms with Crippen LogP contribution in [-0.2, 0) is 10.0 Å². The predicted octanol–water partition coefficient (Wildman–Crippen LogP) is -0.953. The molecule has 7 nitrogen and oxygen atoms in total. The largest absolute Gasteiger partial charge is 0.469 e. The van der Waals surface area contributed by atoms with Gasteiger partial charge in [-0.25, -0.2) is 13.4 Å². The first-order chi connectivity index (χ1) is 8.38. The fraction of sp³-hybridized carbons (Fsp3) is 0.500. The molecule has 1 fully saturated rings. The average Bonchev–Trinajstić information content (AvgIpc) is 2.63. The van der Waals surface area contributed by atoms with Gasteiger partial charge in [0.05, 0.1) is 18.5 Å². The first-order valence-electron chi connectivity index (χ1n) is 5.38. The van der Waals surface area contributed by atoms with E-state index in [0.717, 1.165) is 6.26 Å². The molecular weight excluding hydrogens is 258 g/mol. The quantitative estimate of drug-likeness (QED) is 0.735. The molecule has 8 heteroatoms. The summed E-state index contributed by atoms with van der Waals surface area (Å²) >= 11 is 0. The number of nitrogens with zero attached hydrogens (tertiary/aromatic N) is 2. The van der Waals surface area contributed by atoms with Gasteiger partial charge in [-0.15, -0.1) is 0 Å². The summed E-state index contributed by atoms with van der Waals surface area (Å²) in [5, 5.41) is 9.78. The fourth-order valence-corrected chi connectivity index (χ4v) is 2.60. The van der Waals surface area contributed by atoms with Crippen molar-refractivity contribution in [3.63, 3.8) is 0 Å². The Hall–Kier alpha value is -1.38. The number of pyridine rings is 1. The molecular formula is C10H15N3O4S. The van der Waals surface area contributed by atoms with E-state index in [1.807, 2.05) is 0 Å². The van der Waals surface area contributed by atoms with E-state index in [-0.39, 0.29) is 19.0 Å². The Bertz CT molecular complexity index is 534. The van der Waals surface area contributed by atoms with E-state index in [4.69, 9.17) is 10.5 Å². The highest BCUT2D eigenvalue weighted by molar-refractivity contribution is 7.88. The minimum absolute atomic E-state index is 0.0240. The third-order valence-electron chi connectivity index (χ3n) is 2.74. The van der Waals surface area contributed by atoms with Gasteiger partial charge in [0, 0.05) is 12.7 Å². The first-order valence-corrected chi connectivity index (χ1v) is 7.23. The fourth-order valence-electron chi connectivity index (χ4n) is 1.75. The van der Waals surface area contributed by atoms with Crippen LogP contribution in [0.5, 0.6) is 5.88 Å². The van der Waals surface area contributed by atoms with Gasteiger partial charge in [0.15, 0.2) is 0 Å². The zero-order chi connectivity index (χ0) is 13.3. The van der Waals surface area contributed by atoms with Crippen molar-refractivity contribution >= 4 is 15.7 Å². The Morgan fingerprint density at radius 1 is 1.56 bits per heavy atom. The molecule has 0 saturated carbocycles. The number of aliphatic hydroxyl groups excluding tert-OH is 1. The minimum Gasteiger partial charge on any atom is -0.469 e. The Morgan fingerprint density at radius 2 is 2.28 bits per heavy atom. The van der Waals surface area contributed by atoms with Gasteiger partial charge in [-0.1, -0.05) is 0 Å². The van der Waals surface area contributed by atoms with Crippen molar-refractivity contribution in [1.29, 1.82) is 0 Å². The smallest absolute Gasteiger partial charge is 0.237 e. The van der Waals surface area contributed by atoms with E-state index in [1.165, 1.54) is 10.5 Å². The zero-order valence-electron chi connectivity index (χ0n) is 9.85. The molecule has 0 aliphatic carbocycles. The van der Waals surface area contributed by atoms with Crippen LogP contribution in [0.25, 0.3) is 0 Å². The maximum atomic E-state index is 11.4. The van der Waals surface area contributed by atoms with E-state index in [2.05, 4.69) is 4.98 Å². The Labute approximate surface area is 105 Å². The molecule has 18 heavy (non-hydrogen) atoms. The number of rotatable bonds is 3. The molecule has 3 N–H and O–H groups in total. The number of anilines is 1. The molecule has 0 unspecified atom stereocenters. The van der Waals surface area contributed by atoms with Gasteiger partial charge in [-0.2, -0.15) is 4.31 Å². The molecule has 0 radical (unpaired) electrons. The second-order valence-electron chi connectivity index (χ2n) is 4.20. The maximum Gasteiger partial charge on any atom is 0.237 e. The molecule has 1 aromatic heterocycles. The third-order valence-corrected chi connectivity index (χ3v) is 3.97. The van der Waals surface area contributed by atoms with Gasteiger partial charge in [0.25, 0.3) is 0 Å². The molecule has 1 saturated heterocycles. The molecule has 0 amide bonds. The van der Waals surface area contributed by atoms with Crippen molar-refractivity contribution in [2.24, 2.45) is 0 Å². The van der Waals surface area contributed by atoms with E-state index in [0.29, 0.717) is 5.69 Å². The number of hydrogen-bond acceptors (Lipinski definition) is 6. The van der Waals surface area contributed by atoms with Crippen LogP contribution >= 0.6 is 0 Å². The van der Waals surface area contributed by atoms with Gasteiger partial charge in [0.2, 0.25) is 15.9 Å². The summed E-state index contributed by atoms with van der Waals surface area (Å²) in [5.74, 6) is 0.205. The number of ether oxygens (including phenoxy) is 1. The summed E-state index contributed by atoms with van der Waals surface area (Å²) < 4.78 is 29.3. The number of β-amino-alcohol motifs (C(OH)–C–C–N with tert-alkyl or cyclic N) is 1. The van der Waals surface area contributed by atoms with Gasteiger partial charge >= 0.3 is 0 Å². The molecule has 2 atom stereocenters. The molecule has 100 valence electrons. The van der Waals surface area contributed by atoms with Crippen molar-refractivity contribution in [3.05, 3.63) is 18.3 Å². The van der Waals surface area contributed by atoms with Gasteiger partial charge in [0.1, 0.15) is 12.2 Å². The van der Waals surface area contributed by atoms with Crippen molar-refractivity contribution in [2.45, 2.75) is 12.2 Å². The van der Waals surface area contributed by atoms with Crippen molar-refractivity contribution in [3.8, 4) is 5.88 Å². The van der Waals surface area contributed by atoms with Crippen LogP contribution < -0.4 is 10.5 Å². The second-order valence-corrected chi connectivity index (χ2v) is 6.18. The van der Waals surface area contributed by atoms with Crippen LogP contribution in [0.4, 0.5) is 5.69 Å². The highest BCUT2D eigenvalue weighted by Gasteiger charge is 2.37. The van der Waals surface area contributed by atoms with Crippen LogP contribution in [0.15, 0.2) is 18.3 Å². The molecule has 1 aliphatic heterocycles. The molecule has 0 spiro atoms. The maximum absolute atomic E-state index is 11.4. The number of aliphatic hydroxyl groups is 1. The molecule has 2 rings (SSSR count). The van der Waals surface area contributed by atoms with Crippen LogP contribution in [-0.4, -0.2) is 54.4 Å². The second kappa shape index (κ2) is 4.71. The van der Waals surface area contributed by atoms with Crippen LogP contribution in [0, 0.1) is 0 Å². The number of nitrogens with two attached hydrogens (primary N) is 1. The van der Waals surface area contributed by atoms with Gasteiger partial charge in [-0.3, -0.25) is 0 Å². The molecule has 0 bridgehead atoms. The lowest BCUT2D eigenvalue weighted by Gasteiger charge is -2.16. The third kappa shape index (κ3) is 2.71. The molecule has 2 heterocycles. The van der Waals surface area contributed by atoms with E-state index in [9.17, 15) is 13.5 Å². The summed E-state index contributed by atoms with van der Waals surface area (Å²) in [6.07, 6.45) is 1.07. The predicted molar refractivity (Wildman–Crippen MR) is 65.5 cm³/mol. The van der Waals surface area contributed by atoms with Crippen LogP contribution in [0.2, 0.25) is 0 Å². The SMILES string of the molecule is CS(=O)(=O)N1C[C@@H](O)[C@H](Oc2ncccc2N)C1.